The summed E-state index contributed by atoms with van der Waals surface area (Å²) in [5, 5.41) is 26.0. The summed E-state index contributed by atoms with van der Waals surface area (Å²) >= 11 is 3.01. The molecule has 0 spiro atoms. The average molecular weight is 1150 g/mol. The van der Waals surface area contributed by atoms with Crippen molar-refractivity contribution in [3.8, 4) is 47.7 Å². The van der Waals surface area contributed by atoms with E-state index < -0.39 is 6.10 Å². The van der Waals surface area contributed by atoms with Crippen molar-refractivity contribution in [3.05, 3.63) is 152 Å². The van der Waals surface area contributed by atoms with Crippen LogP contribution in [0.2, 0.25) is 0 Å². The van der Waals surface area contributed by atoms with Crippen LogP contribution < -0.4 is 18.9 Å². The van der Waals surface area contributed by atoms with Crippen molar-refractivity contribution in [1.29, 1.82) is 0 Å². The number of likely N-dealkylation sites (tertiary alicyclic amines) is 4. The molecule has 5 aromatic rings. The van der Waals surface area contributed by atoms with Crippen LogP contribution in [0.4, 0.5) is 0 Å². The van der Waals surface area contributed by atoms with E-state index in [9.17, 15) is 5.11 Å². The van der Waals surface area contributed by atoms with Crippen molar-refractivity contribution in [2.24, 2.45) is 10.2 Å². The first-order chi connectivity index (χ1) is 38.6. The molecule has 0 aliphatic carbocycles. The number of azide groups is 2. The Bertz CT molecular complexity index is 2810. The Hall–Kier alpha value is -6.88. The number of halogens is 1. The predicted molar refractivity (Wildman–Crippen MR) is 302 cm³/mol. The third-order valence-corrected chi connectivity index (χ3v) is 14.4. The molecule has 6 aliphatic rings. The van der Waals surface area contributed by atoms with Crippen LogP contribution in [-0.2, 0) is 47.0 Å². The maximum absolute atomic E-state index is 9.72. The minimum atomic E-state index is -0.570. The van der Waals surface area contributed by atoms with Gasteiger partial charge in [-0.05, 0) is 81.8 Å². The highest BCUT2D eigenvalue weighted by Crippen LogP contribution is 2.33. The molecule has 0 saturated carbocycles. The first-order valence-corrected chi connectivity index (χ1v) is 27.1. The summed E-state index contributed by atoms with van der Waals surface area (Å²) in [5.74, 6) is 8.27. The number of benzene rings is 4. The lowest BCUT2D eigenvalue weighted by Crippen LogP contribution is -2.32. The van der Waals surface area contributed by atoms with Gasteiger partial charge < -0.3 is 38.3 Å². The third-order valence-electron chi connectivity index (χ3n) is 14.1. The van der Waals surface area contributed by atoms with E-state index in [-0.39, 0.29) is 36.9 Å². The van der Waals surface area contributed by atoms with Crippen LogP contribution >= 0.6 is 15.9 Å². The van der Waals surface area contributed by atoms with E-state index in [0.717, 1.165) is 86.6 Å². The number of alkyl halides is 1. The fourth-order valence-electron chi connectivity index (χ4n) is 9.98. The molecule has 5 fully saturated rings. The lowest BCUT2D eigenvalue weighted by atomic mass is 10.2. The number of terminal acetylenes is 2. The van der Waals surface area contributed by atoms with E-state index in [1.54, 1.807) is 34.6 Å². The number of ether oxygens (including phenoxy) is 7. The van der Waals surface area contributed by atoms with Gasteiger partial charge in [-0.3, -0.25) is 19.6 Å². The Morgan fingerprint density at radius 1 is 0.608 bits per heavy atom. The fourth-order valence-corrected chi connectivity index (χ4v) is 9.98. The average Bonchev–Trinajstić information content (AvgIpc) is 4.25. The number of fused-ring (bicyclic) bond motifs is 4. The summed E-state index contributed by atoms with van der Waals surface area (Å²) in [6, 6.07) is 32.0. The van der Waals surface area contributed by atoms with E-state index in [2.05, 4.69) is 102 Å². The Labute approximate surface area is 471 Å². The Kier molecular flexibility index (Phi) is 23.5. The highest BCUT2D eigenvalue weighted by Gasteiger charge is 2.47. The molecule has 7 heterocycles. The molecule has 6 aliphatic heterocycles. The molecule has 11 rings (SSSR count). The van der Waals surface area contributed by atoms with Crippen LogP contribution in [0, 0.1) is 24.7 Å². The number of epoxide rings is 1. The molecule has 8 atom stereocenters. The fraction of sp³-hybridized carbons (Fsp3) is 0.474. The maximum atomic E-state index is 9.72. The number of aromatic nitrogens is 3. The van der Waals surface area contributed by atoms with E-state index in [4.69, 9.17) is 57.1 Å². The van der Waals surface area contributed by atoms with Crippen LogP contribution in [0.5, 0.6) is 23.0 Å². The van der Waals surface area contributed by atoms with Gasteiger partial charge in [-0.2, -0.15) is 0 Å². The van der Waals surface area contributed by atoms with Crippen LogP contribution in [0.25, 0.3) is 20.9 Å². The standard InChI is InChI=1S/2C15H18N4O2.C12H16N4O2.C12H15NO2.C3H3Br/c1-20-13-4-2-11(3-5-13)7-18-8-14-15(9-18)21-10-12-6-16-17-19(12)14;1-3-8-21-15-11-19(10-14(15)17-18-16)9-12-4-6-13(20-2)7-5-12;1-18-10-4-2-9(3-5-10)6-16-7-11(14-15-13)12(17)8-16;1-14-10-4-2-9(3-5-10)6-13-7-11-12(8-13)15-11;1-2-3-4/h2-6,14-15H,7-10H2,1H3;1,4-7,14-15H,8-11H2,2H3;2-5,11-12,17H,6-8H2,1H3;2-5,11-12H,6-8H2,1H3;1H,3H2/t2*14-,15-;11-,12-;;/m111../s1. The van der Waals surface area contributed by atoms with Gasteiger partial charge in [-0.1, -0.05) is 91.7 Å². The van der Waals surface area contributed by atoms with Crippen molar-refractivity contribution in [2.45, 2.75) is 81.4 Å². The molecule has 5 saturated heterocycles. The first-order valence-electron chi connectivity index (χ1n) is 26.0. The van der Waals surface area contributed by atoms with Crippen molar-refractivity contribution in [3.63, 3.8) is 0 Å². The number of hydrogen-bond acceptors (Lipinski definition) is 16. The van der Waals surface area contributed by atoms with Gasteiger partial charge in [0.2, 0.25) is 0 Å². The number of β-amino-alcohol motifs (C(OH)–C–C–N with tert-alkyl or cyclic N) is 1. The van der Waals surface area contributed by atoms with Crippen molar-refractivity contribution < 1.29 is 38.3 Å². The van der Waals surface area contributed by atoms with Gasteiger partial charge in [-0.25, -0.2) is 4.68 Å². The zero-order valence-corrected chi connectivity index (χ0v) is 46.8. The molecular formula is C57H70BrN13O8. The second-order valence-corrected chi connectivity index (χ2v) is 20.0. The maximum Gasteiger partial charge on any atom is 0.118 e. The first kappa shape index (κ1) is 59.8. The third kappa shape index (κ3) is 18.1. The Morgan fingerprint density at radius 3 is 1.47 bits per heavy atom. The number of morpholine rings is 1. The molecule has 1 N–H and O–H groups in total. The minimum Gasteiger partial charge on any atom is -0.497 e. The van der Waals surface area contributed by atoms with Crippen molar-refractivity contribution in [2.75, 3.05) is 92.7 Å². The topological polar surface area (TPSA) is 229 Å². The summed E-state index contributed by atoms with van der Waals surface area (Å²) in [6.07, 6.45) is 12.3. The van der Waals surface area contributed by atoms with Crippen LogP contribution in [0.3, 0.4) is 0 Å². The predicted octanol–water partition coefficient (Wildman–Crippen LogP) is 7.29. The van der Waals surface area contributed by atoms with E-state index in [1.165, 1.54) is 16.7 Å². The summed E-state index contributed by atoms with van der Waals surface area (Å²) < 4.78 is 39.5. The summed E-state index contributed by atoms with van der Waals surface area (Å²) in [7, 11) is 6.66. The molecule has 0 amide bonds. The van der Waals surface area contributed by atoms with Crippen molar-refractivity contribution in [1.82, 2.24) is 34.6 Å². The van der Waals surface area contributed by atoms with Gasteiger partial charge >= 0.3 is 0 Å². The molecule has 1 aromatic heterocycles. The number of aliphatic hydroxyl groups is 1. The molecule has 2 unspecified atom stereocenters. The molecule has 79 heavy (non-hydrogen) atoms. The SMILES string of the molecule is C#CCBr.C#CCO[C@@H]1CN(Cc2ccc(OC)cc2)C[C@H]1N=[N+]=[N-].COc1ccc(CN2CC3OC3C2)cc1.COc1ccc(CN2C[C@@H](O)[C@H](N=[N+]=[N-])C2)cc1.COc1ccc(CN2C[C@@H]3[C@@H](C2)OCc2cnnn23)cc1. The van der Waals surface area contributed by atoms with Gasteiger partial charge in [0.1, 0.15) is 29.6 Å². The summed E-state index contributed by atoms with van der Waals surface area (Å²) in [5.41, 5.74) is 23.0. The zero-order valence-electron chi connectivity index (χ0n) is 45.2. The van der Waals surface area contributed by atoms with Crippen LogP contribution in [0.15, 0.2) is 113 Å². The van der Waals surface area contributed by atoms with Crippen molar-refractivity contribution >= 4 is 15.9 Å². The van der Waals surface area contributed by atoms with E-state index >= 15 is 0 Å². The van der Waals surface area contributed by atoms with Crippen LogP contribution in [-0.4, -0.2) is 175 Å². The van der Waals surface area contributed by atoms with Gasteiger partial charge in [0.25, 0.3) is 0 Å². The van der Waals surface area contributed by atoms with E-state index in [0.29, 0.717) is 50.3 Å². The number of rotatable bonds is 16. The molecule has 418 valence electrons. The van der Waals surface area contributed by atoms with Gasteiger partial charge in [0.05, 0.1) is 101 Å². The molecular weight excluding hydrogens is 1070 g/mol. The number of methoxy groups -OCH3 is 4. The lowest BCUT2D eigenvalue weighted by molar-refractivity contribution is -0.00521. The van der Waals surface area contributed by atoms with Gasteiger partial charge in [-0.15, -0.1) is 17.9 Å². The lowest BCUT2D eigenvalue weighted by Gasteiger charge is -2.25. The van der Waals surface area contributed by atoms with Gasteiger partial charge in [0, 0.05) is 88.4 Å². The second-order valence-electron chi connectivity index (χ2n) is 19.5. The Morgan fingerprint density at radius 2 is 1.03 bits per heavy atom. The molecule has 0 radical (unpaired) electrons. The highest BCUT2D eigenvalue weighted by atomic mass is 79.9. The quantitative estimate of drug-likeness (QED) is 0.0256. The van der Waals surface area contributed by atoms with E-state index in [1.807, 2.05) is 77.5 Å². The molecule has 22 heteroatoms. The smallest absolute Gasteiger partial charge is 0.118 e. The normalized spacial score (nSPS) is 23.4. The monoisotopic (exact) mass is 1140 g/mol. The van der Waals surface area contributed by atoms with Crippen LogP contribution in [0.1, 0.15) is 34.0 Å². The minimum absolute atomic E-state index is 0.143. The summed E-state index contributed by atoms with van der Waals surface area (Å²) in [6.45, 7) is 10.9. The molecule has 4 aromatic carbocycles. The Balaban J connectivity index is 0.000000150. The largest absolute Gasteiger partial charge is 0.497 e. The zero-order chi connectivity index (χ0) is 55.9. The molecule has 21 nitrogen and oxygen atoms in total. The highest BCUT2D eigenvalue weighted by molar-refractivity contribution is 9.09. The number of aliphatic hydroxyl groups excluding tert-OH is 1. The number of nitrogens with zero attached hydrogens (tertiary/aromatic N) is 13. The molecule has 0 bridgehead atoms. The number of hydrogen-bond donors (Lipinski definition) is 1. The summed E-state index contributed by atoms with van der Waals surface area (Å²) in [4.78, 5) is 14.8. The second kappa shape index (κ2) is 31.1. The van der Waals surface area contributed by atoms with Gasteiger partial charge in [0.15, 0.2) is 0 Å².